The van der Waals surface area contributed by atoms with E-state index in [1.807, 2.05) is 6.92 Å². The highest BCUT2D eigenvalue weighted by Gasteiger charge is 2.44. The topological polar surface area (TPSA) is 150 Å². The molecule has 1 fully saturated rings. The van der Waals surface area contributed by atoms with Crippen LogP contribution in [-0.4, -0.2) is 76.0 Å². The minimum Gasteiger partial charge on any atom is -0.481 e. The molecule has 1 aliphatic rings. The van der Waals surface area contributed by atoms with Crippen molar-refractivity contribution in [3.8, 4) is 11.5 Å². The third kappa shape index (κ3) is 6.44. The van der Waals surface area contributed by atoms with E-state index in [9.17, 15) is 25.2 Å². The lowest BCUT2D eigenvalue weighted by Gasteiger charge is -2.39. The molecule has 2 aromatic rings. The Morgan fingerprint density at radius 2 is 1.88 bits per heavy atom. The molecule has 34 heavy (non-hydrogen) atoms. The maximum atomic E-state index is 12.2. The quantitative estimate of drug-likeness (QED) is 0.266. The largest absolute Gasteiger partial charge is 0.481 e. The molecule has 5 N–H and O–H groups in total. The normalized spacial score (nSPS) is 25.7. The number of carbonyl (C=O) groups excluding carboxylic acids is 1. The molecule has 0 aromatic heterocycles. The molecule has 0 unspecified atom stereocenters. The van der Waals surface area contributed by atoms with Gasteiger partial charge < -0.3 is 34.6 Å². The number of aliphatic hydroxyl groups excluding tert-OH is 4. The molecule has 1 aliphatic heterocycles. The summed E-state index contributed by atoms with van der Waals surface area (Å²) in [5, 5.41) is 43.5. The first kappa shape index (κ1) is 25.9. The van der Waals surface area contributed by atoms with Crippen LogP contribution in [0.3, 0.4) is 0 Å². The Bertz CT molecular complexity index is 1000. The molecular formula is C23H27ClN2O8. The Morgan fingerprint density at radius 3 is 2.53 bits per heavy atom. The van der Waals surface area contributed by atoms with Crippen LogP contribution in [0.1, 0.15) is 18.1 Å². The number of nitrogens with one attached hydrogen (secondary N) is 1. The van der Waals surface area contributed by atoms with Gasteiger partial charge in [-0.25, -0.2) is 5.43 Å². The van der Waals surface area contributed by atoms with Crippen LogP contribution in [0.4, 0.5) is 0 Å². The van der Waals surface area contributed by atoms with E-state index < -0.39 is 49.3 Å². The summed E-state index contributed by atoms with van der Waals surface area (Å²) in [5.41, 5.74) is 3.86. The van der Waals surface area contributed by atoms with Gasteiger partial charge in [0.2, 0.25) is 6.29 Å². The molecule has 11 heteroatoms. The van der Waals surface area contributed by atoms with E-state index in [4.69, 9.17) is 25.8 Å². The Labute approximate surface area is 201 Å². The van der Waals surface area contributed by atoms with Crippen molar-refractivity contribution < 1.29 is 39.4 Å². The molecule has 0 radical (unpaired) electrons. The molecule has 0 bridgehead atoms. The van der Waals surface area contributed by atoms with Crippen molar-refractivity contribution in [1.82, 2.24) is 5.43 Å². The van der Waals surface area contributed by atoms with Gasteiger partial charge in [0, 0.05) is 5.02 Å². The van der Waals surface area contributed by atoms with Gasteiger partial charge in [0.1, 0.15) is 35.9 Å². The molecule has 1 heterocycles. The highest BCUT2D eigenvalue weighted by atomic mass is 35.5. The lowest BCUT2D eigenvalue weighted by Crippen LogP contribution is -2.60. The van der Waals surface area contributed by atoms with Crippen molar-refractivity contribution in [2.24, 2.45) is 5.10 Å². The number of carbonyl (C=O) groups is 1. The van der Waals surface area contributed by atoms with Crippen LogP contribution in [0.15, 0.2) is 47.6 Å². The van der Waals surface area contributed by atoms with Crippen LogP contribution in [-0.2, 0) is 9.53 Å². The van der Waals surface area contributed by atoms with E-state index >= 15 is 0 Å². The Balaban J connectivity index is 1.52. The summed E-state index contributed by atoms with van der Waals surface area (Å²) >= 11 is 5.92. The molecular weight excluding hydrogens is 468 g/mol. The molecule has 6 atom stereocenters. The number of benzene rings is 2. The highest BCUT2D eigenvalue weighted by Crippen LogP contribution is 2.25. The molecule has 0 spiro atoms. The first-order valence-corrected chi connectivity index (χ1v) is 10.9. The number of hydrazone groups is 1. The number of amides is 1. The van der Waals surface area contributed by atoms with Crippen LogP contribution in [0.25, 0.3) is 0 Å². The summed E-state index contributed by atoms with van der Waals surface area (Å²) in [6.07, 6.45) is -6.19. The summed E-state index contributed by atoms with van der Waals surface area (Å²) in [5.74, 6) is 0.421. The van der Waals surface area contributed by atoms with Gasteiger partial charge in [0.15, 0.2) is 6.10 Å². The van der Waals surface area contributed by atoms with E-state index in [2.05, 4.69) is 10.5 Å². The van der Waals surface area contributed by atoms with Gasteiger partial charge in [0.25, 0.3) is 5.91 Å². The third-order valence-electron chi connectivity index (χ3n) is 5.18. The number of aliphatic hydroxyl groups is 4. The number of hydrogen-bond acceptors (Lipinski definition) is 9. The predicted molar refractivity (Wildman–Crippen MR) is 123 cm³/mol. The monoisotopic (exact) mass is 494 g/mol. The fourth-order valence-electron chi connectivity index (χ4n) is 3.18. The summed E-state index contributed by atoms with van der Waals surface area (Å²) in [6, 6.07) is 11.5. The van der Waals surface area contributed by atoms with Gasteiger partial charge in [-0.05, 0) is 67.4 Å². The van der Waals surface area contributed by atoms with E-state index in [-0.39, 0.29) is 0 Å². The minimum absolute atomic E-state index is 0.311. The van der Waals surface area contributed by atoms with Gasteiger partial charge in [0.05, 0.1) is 12.8 Å². The Kier molecular flexibility index (Phi) is 8.84. The average molecular weight is 495 g/mol. The van der Waals surface area contributed by atoms with Crippen molar-refractivity contribution in [2.75, 3.05) is 6.61 Å². The van der Waals surface area contributed by atoms with Crippen LogP contribution in [0, 0.1) is 6.92 Å². The van der Waals surface area contributed by atoms with Crippen LogP contribution in [0.5, 0.6) is 11.5 Å². The zero-order valence-corrected chi connectivity index (χ0v) is 19.3. The van der Waals surface area contributed by atoms with Crippen molar-refractivity contribution in [3.05, 3.63) is 58.6 Å². The molecule has 2 aromatic carbocycles. The van der Waals surface area contributed by atoms with E-state index in [0.29, 0.717) is 22.1 Å². The lowest BCUT2D eigenvalue weighted by atomic mass is 9.99. The van der Waals surface area contributed by atoms with Crippen molar-refractivity contribution in [1.29, 1.82) is 0 Å². The van der Waals surface area contributed by atoms with Gasteiger partial charge in [-0.15, -0.1) is 0 Å². The second-order valence-corrected chi connectivity index (χ2v) is 8.22. The summed E-state index contributed by atoms with van der Waals surface area (Å²) in [6.45, 7) is 2.88. The van der Waals surface area contributed by atoms with Crippen molar-refractivity contribution in [2.45, 2.75) is 50.7 Å². The second-order valence-electron chi connectivity index (χ2n) is 7.79. The molecule has 3 rings (SSSR count). The number of rotatable bonds is 8. The SMILES string of the molecule is Cc1cc(Cl)ccc1O[C@H](C)C(=O)NN=Cc1ccc(O[C@H]2O[C@@H](CO)[C@H](O)[C@@H](O)[C@@H]2O)cc1. The fourth-order valence-corrected chi connectivity index (χ4v) is 3.41. The Hall–Kier alpha value is -2.73. The molecule has 1 saturated heterocycles. The zero-order valence-electron chi connectivity index (χ0n) is 18.5. The maximum Gasteiger partial charge on any atom is 0.280 e. The van der Waals surface area contributed by atoms with Gasteiger partial charge in [-0.3, -0.25) is 4.79 Å². The zero-order chi connectivity index (χ0) is 24.8. The van der Waals surface area contributed by atoms with Gasteiger partial charge in [-0.2, -0.15) is 5.10 Å². The van der Waals surface area contributed by atoms with E-state index in [0.717, 1.165) is 5.56 Å². The molecule has 0 aliphatic carbocycles. The van der Waals surface area contributed by atoms with Crippen LogP contribution >= 0.6 is 11.6 Å². The van der Waals surface area contributed by atoms with Crippen molar-refractivity contribution in [3.63, 3.8) is 0 Å². The summed E-state index contributed by atoms with van der Waals surface area (Å²) in [4.78, 5) is 12.2. The Morgan fingerprint density at radius 1 is 1.18 bits per heavy atom. The number of halogens is 1. The molecule has 1 amide bonds. The average Bonchev–Trinajstić information content (AvgIpc) is 2.82. The summed E-state index contributed by atoms with van der Waals surface area (Å²) in [7, 11) is 0. The van der Waals surface area contributed by atoms with E-state index in [1.54, 1.807) is 49.4 Å². The number of aryl methyl sites for hydroxylation is 1. The first-order valence-electron chi connectivity index (χ1n) is 10.5. The number of hydrogen-bond donors (Lipinski definition) is 5. The maximum absolute atomic E-state index is 12.2. The minimum atomic E-state index is -1.53. The van der Waals surface area contributed by atoms with Gasteiger partial charge in [-0.1, -0.05) is 11.6 Å². The second kappa shape index (κ2) is 11.6. The van der Waals surface area contributed by atoms with Crippen LogP contribution in [0.2, 0.25) is 5.02 Å². The van der Waals surface area contributed by atoms with Crippen LogP contribution < -0.4 is 14.9 Å². The molecule has 10 nitrogen and oxygen atoms in total. The third-order valence-corrected chi connectivity index (χ3v) is 5.41. The highest BCUT2D eigenvalue weighted by molar-refractivity contribution is 6.30. The fraction of sp³-hybridized carbons (Fsp3) is 0.391. The number of nitrogens with zero attached hydrogens (tertiary/aromatic N) is 1. The molecule has 0 saturated carbocycles. The lowest BCUT2D eigenvalue weighted by molar-refractivity contribution is -0.277. The predicted octanol–water partition coefficient (Wildman–Crippen LogP) is 0.745. The van der Waals surface area contributed by atoms with Crippen molar-refractivity contribution >= 4 is 23.7 Å². The smallest absolute Gasteiger partial charge is 0.280 e. The summed E-state index contributed by atoms with van der Waals surface area (Å²) < 4.78 is 16.5. The number of ether oxygens (including phenoxy) is 3. The van der Waals surface area contributed by atoms with E-state index in [1.165, 1.54) is 6.21 Å². The molecule has 184 valence electrons. The van der Waals surface area contributed by atoms with Gasteiger partial charge >= 0.3 is 0 Å². The first-order chi connectivity index (χ1) is 16.2. The standard InChI is InChI=1S/C23H27ClN2O8/c1-12-9-15(24)5-8-17(12)32-13(2)22(31)26-25-10-14-3-6-16(7-4-14)33-23-21(30)20(29)19(28)18(11-27)34-23/h3-10,13,18-21,23,27-30H,11H2,1-2H3,(H,26,31)/t13-,18+,19+,20-,21+,23+/m1/s1.